The molecule has 0 aliphatic heterocycles. The molecule has 4 rings (SSSR count). The molecule has 3 aromatic heterocycles. The van der Waals surface area contributed by atoms with Gasteiger partial charge in [0.2, 0.25) is 5.78 Å². The topological polar surface area (TPSA) is 112 Å². The second kappa shape index (κ2) is 7.60. The maximum Gasteiger partial charge on any atom is 0.329 e. The number of methoxy groups -OCH3 is 2. The molecule has 0 saturated carbocycles. The predicted molar refractivity (Wildman–Crippen MR) is 113 cm³/mol. The van der Waals surface area contributed by atoms with Crippen LogP contribution in [0.4, 0.5) is 0 Å². The van der Waals surface area contributed by atoms with E-state index >= 15 is 0 Å². The molecule has 0 fully saturated rings. The second-order valence-corrected chi connectivity index (χ2v) is 6.95. The zero-order chi connectivity index (χ0) is 22.3. The zero-order valence-electron chi connectivity index (χ0n) is 17.1. The molecule has 31 heavy (non-hydrogen) atoms. The number of nitrogens with zero attached hydrogens (tertiary/aromatic N) is 2. The van der Waals surface area contributed by atoms with Gasteiger partial charge in [-0.1, -0.05) is 6.07 Å². The van der Waals surface area contributed by atoms with Gasteiger partial charge in [0.25, 0.3) is 5.56 Å². The lowest BCUT2D eigenvalue weighted by atomic mass is 10.0. The monoisotopic (exact) mass is 421 g/mol. The number of ketones is 1. The van der Waals surface area contributed by atoms with E-state index in [9.17, 15) is 19.2 Å². The number of benzene rings is 1. The number of H-pyrrole nitrogens is 1. The van der Waals surface area contributed by atoms with Crippen LogP contribution in [0.5, 0.6) is 5.75 Å². The molecular formula is C22H19N3O6. The minimum atomic E-state index is -0.736. The summed E-state index contributed by atoms with van der Waals surface area (Å²) in [5, 5.41) is 0.111. The van der Waals surface area contributed by atoms with E-state index in [1.807, 2.05) is 12.1 Å². The van der Waals surface area contributed by atoms with Crippen LogP contribution in [-0.2, 0) is 16.1 Å². The highest BCUT2D eigenvalue weighted by atomic mass is 16.5. The Morgan fingerprint density at radius 3 is 2.58 bits per heavy atom. The van der Waals surface area contributed by atoms with Crippen LogP contribution in [0.1, 0.15) is 21.6 Å². The number of hydrogen-bond donors (Lipinski definition) is 1. The number of pyridine rings is 1. The Labute approximate surface area is 175 Å². The molecule has 0 aliphatic carbocycles. The molecule has 0 aliphatic rings. The van der Waals surface area contributed by atoms with Crippen molar-refractivity contribution < 1.29 is 19.1 Å². The Bertz CT molecular complexity index is 1470. The molecule has 0 radical (unpaired) electrons. The molecule has 0 saturated heterocycles. The largest absolute Gasteiger partial charge is 0.494 e. The molecule has 158 valence electrons. The van der Waals surface area contributed by atoms with Gasteiger partial charge in [-0.15, -0.1) is 0 Å². The summed E-state index contributed by atoms with van der Waals surface area (Å²) >= 11 is 0. The van der Waals surface area contributed by atoms with Crippen molar-refractivity contribution in [2.75, 3.05) is 14.2 Å². The molecule has 9 heteroatoms. The number of carbonyl (C=O) groups is 2. The van der Waals surface area contributed by atoms with Gasteiger partial charge < -0.3 is 18.9 Å². The third-order valence-corrected chi connectivity index (χ3v) is 5.21. The molecule has 9 nitrogen and oxygen atoms in total. The van der Waals surface area contributed by atoms with Gasteiger partial charge in [0.15, 0.2) is 0 Å². The Morgan fingerprint density at radius 2 is 1.87 bits per heavy atom. The fourth-order valence-corrected chi connectivity index (χ4v) is 3.71. The highest BCUT2D eigenvalue weighted by Crippen LogP contribution is 2.31. The predicted octanol–water partition coefficient (Wildman–Crippen LogP) is 1.66. The highest BCUT2D eigenvalue weighted by molar-refractivity contribution is 6.11. The standard InChI is InChI=1S/C22H19N3O6/c1-12-18(24-9-5-4-6-16(24)20(12)31-3)19(27)13-7-8-15-14(10-13)21(28)25(22(29)23-15)11-17(26)30-2/h4-10H,11H2,1-3H3,(H,23,29). The third-order valence-electron chi connectivity index (χ3n) is 5.21. The van der Waals surface area contributed by atoms with Crippen LogP contribution in [-0.4, -0.2) is 39.9 Å². The maximum absolute atomic E-state index is 13.4. The number of aromatic amines is 1. The molecular weight excluding hydrogens is 402 g/mol. The third kappa shape index (κ3) is 3.20. The Balaban J connectivity index is 1.90. The van der Waals surface area contributed by atoms with Gasteiger partial charge in [0, 0.05) is 17.3 Å². The minimum Gasteiger partial charge on any atom is -0.494 e. The van der Waals surface area contributed by atoms with Gasteiger partial charge in [-0.05, 0) is 37.3 Å². The van der Waals surface area contributed by atoms with Gasteiger partial charge >= 0.3 is 11.7 Å². The molecule has 1 N–H and O–H groups in total. The van der Waals surface area contributed by atoms with Crippen LogP contribution in [0.15, 0.2) is 52.2 Å². The van der Waals surface area contributed by atoms with Crippen molar-refractivity contribution in [1.82, 2.24) is 14.0 Å². The van der Waals surface area contributed by atoms with Crippen LogP contribution in [0.2, 0.25) is 0 Å². The van der Waals surface area contributed by atoms with Crippen molar-refractivity contribution in [3.05, 3.63) is 80.3 Å². The van der Waals surface area contributed by atoms with Crippen molar-refractivity contribution >= 4 is 28.2 Å². The fourth-order valence-electron chi connectivity index (χ4n) is 3.71. The Kier molecular flexibility index (Phi) is 4.94. The summed E-state index contributed by atoms with van der Waals surface area (Å²) < 4.78 is 12.5. The quantitative estimate of drug-likeness (QED) is 0.388. The van der Waals surface area contributed by atoms with Crippen LogP contribution >= 0.6 is 0 Å². The lowest BCUT2D eigenvalue weighted by Gasteiger charge is -2.08. The number of hydrogen-bond acceptors (Lipinski definition) is 6. The first-order chi connectivity index (χ1) is 14.9. The maximum atomic E-state index is 13.4. The number of rotatable bonds is 5. The SMILES string of the molecule is COC(=O)Cn1c(=O)[nH]c2ccc(C(=O)c3c(C)c(OC)c4ccccn34)cc2c1=O. The van der Waals surface area contributed by atoms with Crippen LogP contribution in [0.3, 0.4) is 0 Å². The molecule has 3 heterocycles. The second-order valence-electron chi connectivity index (χ2n) is 6.95. The number of fused-ring (bicyclic) bond motifs is 2. The van der Waals surface area contributed by atoms with E-state index in [1.54, 1.807) is 36.8 Å². The number of carbonyl (C=O) groups excluding carboxylic acids is 2. The first-order valence-corrected chi connectivity index (χ1v) is 9.39. The molecule has 0 bridgehead atoms. The summed E-state index contributed by atoms with van der Waals surface area (Å²) in [5.41, 5.74) is 0.927. The number of ether oxygens (including phenoxy) is 2. The van der Waals surface area contributed by atoms with E-state index in [-0.39, 0.29) is 22.2 Å². The molecule has 4 aromatic rings. The van der Waals surface area contributed by atoms with E-state index in [2.05, 4.69) is 9.72 Å². The summed E-state index contributed by atoms with van der Waals surface area (Å²) in [6.45, 7) is 1.26. The van der Waals surface area contributed by atoms with Gasteiger partial charge in [-0.25, -0.2) is 9.36 Å². The van der Waals surface area contributed by atoms with Crippen molar-refractivity contribution in [1.29, 1.82) is 0 Å². The summed E-state index contributed by atoms with van der Waals surface area (Å²) in [6.07, 6.45) is 1.76. The minimum absolute atomic E-state index is 0.111. The molecule has 0 atom stereocenters. The average molecular weight is 421 g/mol. The lowest BCUT2D eigenvalue weighted by molar-refractivity contribution is -0.141. The molecule has 0 amide bonds. The Hall–Kier alpha value is -4.14. The summed E-state index contributed by atoms with van der Waals surface area (Å²) in [6, 6.07) is 9.95. The Morgan fingerprint density at radius 1 is 1.10 bits per heavy atom. The van der Waals surface area contributed by atoms with Gasteiger partial charge in [0.1, 0.15) is 18.0 Å². The van der Waals surface area contributed by atoms with E-state index in [0.29, 0.717) is 17.0 Å². The van der Waals surface area contributed by atoms with E-state index < -0.39 is 23.8 Å². The molecule has 0 unspecified atom stereocenters. The smallest absolute Gasteiger partial charge is 0.329 e. The number of aromatic nitrogens is 3. The van der Waals surface area contributed by atoms with Gasteiger partial charge in [-0.3, -0.25) is 14.4 Å². The van der Waals surface area contributed by atoms with Crippen LogP contribution in [0, 0.1) is 6.92 Å². The van der Waals surface area contributed by atoms with Crippen molar-refractivity contribution in [3.8, 4) is 5.75 Å². The number of esters is 1. The van der Waals surface area contributed by atoms with E-state index in [1.165, 1.54) is 12.1 Å². The normalized spacial score (nSPS) is 11.1. The van der Waals surface area contributed by atoms with Gasteiger partial charge in [-0.2, -0.15) is 0 Å². The molecule has 0 spiro atoms. The van der Waals surface area contributed by atoms with Crippen LogP contribution in [0.25, 0.3) is 16.4 Å². The van der Waals surface area contributed by atoms with E-state index in [0.717, 1.165) is 17.2 Å². The first kappa shape index (κ1) is 20.1. The summed E-state index contributed by atoms with van der Waals surface area (Å²) in [7, 11) is 2.71. The van der Waals surface area contributed by atoms with Crippen molar-refractivity contribution in [2.24, 2.45) is 0 Å². The summed E-state index contributed by atoms with van der Waals surface area (Å²) in [4.78, 5) is 52.6. The van der Waals surface area contributed by atoms with E-state index in [4.69, 9.17) is 4.74 Å². The summed E-state index contributed by atoms with van der Waals surface area (Å²) in [5.74, 6) is -0.454. The molecule has 1 aromatic carbocycles. The average Bonchev–Trinajstić information content (AvgIpc) is 3.06. The zero-order valence-corrected chi connectivity index (χ0v) is 17.1. The first-order valence-electron chi connectivity index (χ1n) is 9.39. The fraction of sp³-hybridized carbons (Fsp3) is 0.182. The number of nitrogens with one attached hydrogen (secondary N) is 1. The van der Waals surface area contributed by atoms with Gasteiger partial charge in [0.05, 0.1) is 30.6 Å². The lowest BCUT2D eigenvalue weighted by Crippen LogP contribution is -2.37. The van der Waals surface area contributed by atoms with Crippen LogP contribution < -0.4 is 16.0 Å². The highest BCUT2D eigenvalue weighted by Gasteiger charge is 2.23. The van der Waals surface area contributed by atoms with Crippen molar-refractivity contribution in [2.45, 2.75) is 13.5 Å². The van der Waals surface area contributed by atoms with Crippen molar-refractivity contribution in [3.63, 3.8) is 0 Å².